The Balaban J connectivity index is 1.43. The van der Waals surface area contributed by atoms with Gasteiger partial charge in [0.1, 0.15) is 35.9 Å². The number of alkyl halides is 1. The second-order valence-corrected chi connectivity index (χ2v) is 11.4. The fourth-order valence-electron chi connectivity index (χ4n) is 5.51. The molecule has 1 aromatic carbocycles. The first-order chi connectivity index (χ1) is 17.2. The van der Waals surface area contributed by atoms with E-state index in [-0.39, 0.29) is 23.8 Å². The molecule has 1 aromatic rings. The van der Waals surface area contributed by atoms with Gasteiger partial charge in [-0.3, -0.25) is 4.79 Å². The molecule has 4 rings (SSSR count). The first-order valence-corrected chi connectivity index (χ1v) is 14.0. The molecule has 11 heteroatoms. The molecule has 3 saturated heterocycles. The summed E-state index contributed by atoms with van der Waals surface area (Å²) in [6.45, 7) is 2.82. The quantitative estimate of drug-likeness (QED) is 0.330. The van der Waals surface area contributed by atoms with E-state index in [1.807, 2.05) is 24.3 Å². The number of carbonyl (C=O) groups excluding carboxylic acids is 1. The van der Waals surface area contributed by atoms with Gasteiger partial charge in [0.25, 0.3) is 0 Å². The van der Waals surface area contributed by atoms with Gasteiger partial charge >= 0.3 is 0 Å². The molecule has 5 N–H and O–H groups in total. The van der Waals surface area contributed by atoms with Crippen molar-refractivity contribution < 1.29 is 29.6 Å². The SMILES string of the molecule is CSC1O[C@H](C(NC(=O)C2NCC3C[C@H](c4ccc(C#N)cc4)CCO[C@H]32)[C@H](C)Cl)C(O)C(O)C1O. The molecule has 0 bridgehead atoms. The van der Waals surface area contributed by atoms with Crippen molar-refractivity contribution in [2.75, 3.05) is 19.4 Å². The standard InChI is InChI=1S/C25H34ClN3O6S/c1-12(26)17(23-20(31)19(30)21(32)25(35-23)36-2)29-24(33)18-22-16(11-28-18)9-15(7-8-34-22)14-5-3-13(10-27)4-6-14/h3-6,12,15-23,25,28,30-32H,7-9,11H2,1-2H3,(H,29,33)/t12-,15+,16?,17?,18?,19?,20?,21?,22+,23+,25?/m0/s1. The normalized spacial score (nSPS) is 38.3. The molecule has 0 aliphatic carbocycles. The number of benzene rings is 1. The maximum atomic E-state index is 13.4. The fraction of sp³-hybridized carbons (Fsp3) is 0.680. The van der Waals surface area contributed by atoms with Gasteiger partial charge in [-0.05, 0) is 49.6 Å². The second kappa shape index (κ2) is 12.0. The summed E-state index contributed by atoms with van der Waals surface area (Å²) in [6, 6.07) is 8.38. The Morgan fingerprint density at radius 3 is 2.61 bits per heavy atom. The summed E-state index contributed by atoms with van der Waals surface area (Å²) >= 11 is 7.62. The summed E-state index contributed by atoms with van der Waals surface area (Å²) in [4.78, 5) is 13.4. The van der Waals surface area contributed by atoms with Crippen LogP contribution < -0.4 is 10.6 Å². The molecule has 3 heterocycles. The van der Waals surface area contributed by atoms with Crippen LogP contribution in [0.25, 0.3) is 0 Å². The molecule has 0 radical (unpaired) electrons. The van der Waals surface area contributed by atoms with Crippen LogP contribution >= 0.6 is 23.4 Å². The highest BCUT2D eigenvalue weighted by Gasteiger charge is 2.49. The molecule has 0 saturated carbocycles. The number of fused-ring (bicyclic) bond motifs is 1. The van der Waals surface area contributed by atoms with Crippen LogP contribution in [-0.2, 0) is 14.3 Å². The summed E-state index contributed by atoms with van der Waals surface area (Å²) in [6.07, 6.45) is -2.00. The topological polar surface area (TPSA) is 144 Å². The van der Waals surface area contributed by atoms with E-state index in [2.05, 4.69) is 16.7 Å². The smallest absolute Gasteiger partial charge is 0.240 e. The van der Waals surface area contributed by atoms with Gasteiger partial charge in [-0.1, -0.05) is 12.1 Å². The van der Waals surface area contributed by atoms with Gasteiger partial charge in [0.15, 0.2) is 0 Å². The number of nitrogens with zero attached hydrogens (tertiary/aromatic N) is 1. The molecule has 198 valence electrons. The van der Waals surface area contributed by atoms with E-state index in [4.69, 9.17) is 26.3 Å². The summed E-state index contributed by atoms with van der Waals surface area (Å²) in [5.41, 5.74) is 1.03. The van der Waals surface area contributed by atoms with Crippen LogP contribution in [0.3, 0.4) is 0 Å². The summed E-state index contributed by atoms with van der Waals surface area (Å²) < 4.78 is 12.0. The van der Waals surface area contributed by atoms with Gasteiger partial charge in [-0.15, -0.1) is 23.4 Å². The Kier molecular flexibility index (Phi) is 9.18. The lowest BCUT2D eigenvalue weighted by Crippen LogP contribution is -2.65. The number of amides is 1. The summed E-state index contributed by atoms with van der Waals surface area (Å²) in [7, 11) is 0. The van der Waals surface area contributed by atoms with Crippen LogP contribution in [0.15, 0.2) is 24.3 Å². The molecule has 11 atom stereocenters. The van der Waals surface area contributed by atoms with E-state index < -0.39 is 47.3 Å². The largest absolute Gasteiger partial charge is 0.388 e. The second-order valence-electron chi connectivity index (χ2n) is 9.82. The highest BCUT2D eigenvalue weighted by Crippen LogP contribution is 2.36. The minimum absolute atomic E-state index is 0.130. The van der Waals surface area contributed by atoms with E-state index in [1.165, 1.54) is 11.8 Å². The number of carbonyl (C=O) groups is 1. The molecule has 9 nitrogen and oxygen atoms in total. The first-order valence-electron chi connectivity index (χ1n) is 12.3. The molecular weight excluding hydrogens is 506 g/mol. The van der Waals surface area contributed by atoms with Crippen molar-refractivity contribution in [1.82, 2.24) is 10.6 Å². The van der Waals surface area contributed by atoms with Crippen LogP contribution in [0.1, 0.15) is 36.8 Å². The number of hydrogen-bond donors (Lipinski definition) is 5. The van der Waals surface area contributed by atoms with Crippen LogP contribution in [0.4, 0.5) is 0 Å². The molecule has 0 spiro atoms. The Bertz CT molecular complexity index is 945. The number of aliphatic hydroxyl groups is 3. The maximum absolute atomic E-state index is 13.4. The first kappa shape index (κ1) is 27.6. The van der Waals surface area contributed by atoms with E-state index in [0.717, 1.165) is 18.4 Å². The molecule has 3 aliphatic heterocycles. The Labute approximate surface area is 220 Å². The van der Waals surface area contributed by atoms with Crippen molar-refractivity contribution in [3.05, 3.63) is 35.4 Å². The number of aliphatic hydroxyl groups excluding tert-OH is 3. The number of rotatable bonds is 6. The van der Waals surface area contributed by atoms with Crippen molar-refractivity contribution in [2.45, 2.75) is 79.1 Å². The lowest BCUT2D eigenvalue weighted by atomic mass is 9.85. The predicted octanol–water partition coefficient (Wildman–Crippen LogP) is 0.692. The molecule has 7 unspecified atom stereocenters. The third kappa shape index (κ3) is 5.69. The summed E-state index contributed by atoms with van der Waals surface area (Å²) in [5.74, 6) is 0.0909. The van der Waals surface area contributed by atoms with Crippen LogP contribution in [0.5, 0.6) is 0 Å². The average Bonchev–Trinajstić information content (AvgIpc) is 3.16. The number of nitriles is 1. The van der Waals surface area contributed by atoms with E-state index in [0.29, 0.717) is 18.7 Å². The monoisotopic (exact) mass is 539 g/mol. The van der Waals surface area contributed by atoms with Gasteiger partial charge in [-0.25, -0.2) is 0 Å². The Hall–Kier alpha value is -1.42. The summed E-state index contributed by atoms with van der Waals surface area (Å²) in [5, 5.41) is 45.8. The zero-order valence-electron chi connectivity index (χ0n) is 20.3. The lowest BCUT2D eigenvalue weighted by molar-refractivity contribution is -0.205. The van der Waals surface area contributed by atoms with Gasteiger partial charge in [0.05, 0.1) is 29.2 Å². The maximum Gasteiger partial charge on any atom is 0.240 e. The highest BCUT2D eigenvalue weighted by atomic mass is 35.5. The lowest BCUT2D eigenvalue weighted by Gasteiger charge is -2.44. The average molecular weight is 540 g/mol. The zero-order chi connectivity index (χ0) is 26.0. The van der Waals surface area contributed by atoms with Crippen molar-refractivity contribution in [1.29, 1.82) is 5.26 Å². The molecular formula is C25H34ClN3O6S. The van der Waals surface area contributed by atoms with Crippen molar-refractivity contribution in [3.63, 3.8) is 0 Å². The Morgan fingerprint density at radius 1 is 1.25 bits per heavy atom. The molecule has 3 fully saturated rings. The van der Waals surface area contributed by atoms with E-state index >= 15 is 0 Å². The minimum Gasteiger partial charge on any atom is -0.388 e. The minimum atomic E-state index is -1.42. The molecule has 3 aliphatic rings. The number of halogens is 1. The number of ether oxygens (including phenoxy) is 2. The van der Waals surface area contributed by atoms with E-state index in [9.17, 15) is 20.1 Å². The number of nitrogens with one attached hydrogen (secondary N) is 2. The van der Waals surface area contributed by atoms with Crippen molar-refractivity contribution in [2.24, 2.45) is 5.92 Å². The highest BCUT2D eigenvalue weighted by molar-refractivity contribution is 7.99. The van der Waals surface area contributed by atoms with Gasteiger partial charge in [0, 0.05) is 19.1 Å². The fourth-order valence-corrected chi connectivity index (χ4v) is 6.40. The third-order valence-corrected chi connectivity index (χ3v) is 8.67. The van der Waals surface area contributed by atoms with Crippen LogP contribution in [0.2, 0.25) is 0 Å². The zero-order valence-corrected chi connectivity index (χ0v) is 21.9. The Morgan fingerprint density at radius 2 is 1.97 bits per heavy atom. The van der Waals surface area contributed by atoms with Gasteiger partial charge in [0.2, 0.25) is 5.91 Å². The molecule has 1 amide bonds. The van der Waals surface area contributed by atoms with E-state index in [1.54, 1.807) is 13.2 Å². The number of thioether (sulfide) groups is 1. The van der Waals surface area contributed by atoms with Gasteiger partial charge in [-0.2, -0.15) is 5.26 Å². The van der Waals surface area contributed by atoms with Crippen LogP contribution in [0, 0.1) is 17.2 Å². The third-order valence-electron chi connectivity index (χ3n) is 7.55. The number of hydrogen-bond acceptors (Lipinski definition) is 9. The van der Waals surface area contributed by atoms with Crippen molar-refractivity contribution >= 4 is 29.3 Å². The van der Waals surface area contributed by atoms with Gasteiger partial charge < -0.3 is 35.4 Å². The molecule has 0 aromatic heterocycles. The van der Waals surface area contributed by atoms with Crippen molar-refractivity contribution in [3.8, 4) is 6.07 Å². The van der Waals surface area contributed by atoms with Crippen LogP contribution in [-0.4, -0.2) is 94.1 Å². The predicted molar refractivity (Wildman–Crippen MR) is 136 cm³/mol. The molecule has 36 heavy (non-hydrogen) atoms.